The maximum absolute atomic E-state index is 12.9. The van der Waals surface area contributed by atoms with Crippen molar-refractivity contribution in [3.05, 3.63) is 36.5 Å². The molecule has 398 valence electrons. The molecule has 0 aliphatic rings. The first kappa shape index (κ1) is 65.6. The van der Waals surface area contributed by atoms with Crippen LogP contribution in [0.2, 0.25) is 0 Å². The summed E-state index contributed by atoms with van der Waals surface area (Å²) in [4.78, 5) is 38.1. The van der Waals surface area contributed by atoms with E-state index < -0.39 is 6.10 Å². The molecule has 1 unspecified atom stereocenters. The number of hydrogen-bond acceptors (Lipinski definition) is 6. The van der Waals surface area contributed by atoms with Gasteiger partial charge in [-0.15, -0.1) is 0 Å². The summed E-state index contributed by atoms with van der Waals surface area (Å²) in [5.74, 6) is -0.867. The average Bonchev–Trinajstić information content (AvgIpc) is 3.34. The van der Waals surface area contributed by atoms with Gasteiger partial charge in [-0.05, 0) is 57.8 Å². The maximum Gasteiger partial charge on any atom is 0.306 e. The summed E-state index contributed by atoms with van der Waals surface area (Å²) in [7, 11) is 0. The second kappa shape index (κ2) is 57.2. The smallest absolute Gasteiger partial charge is 0.306 e. The summed E-state index contributed by atoms with van der Waals surface area (Å²) in [6.45, 7) is 6.65. The monoisotopic (exact) mass is 955 g/mol. The first-order chi connectivity index (χ1) is 33.5. The highest BCUT2D eigenvalue weighted by atomic mass is 16.6. The molecule has 0 rings (SSSR count). The van der Waals surface area contributed by atoms with E-state index in [4.69, 9.17) is 14.2 Å². The van der Waals surface area contributed by atoms with E-state index in [-0.39, 0.29) is 31.1 Å². The number of rotatable bonds is 55. The number of carbonyl (C=O) groups is 3. The van der Waals surface area contributed by atoms with Gasteiger partial charge >= 0.3 is 17.9 Å². The van der Waals surface area contributed by atoms with Gasteiger partial charge in [0.25, 0.3) is 0 Å². The number of carbonyl (C=O) groups excluding carboxylic acids is 3. The first-order valence-corrected chi connectivity index (χ1v) is 30.0. The fraction of sp³-hybridized carbons (Fsp3) is 0.855. The van der Waals surface area contributed by atoms with Crippen LogP contribution in [0.4, 0.5) is 0 Å². The zero-order valence-corrected chi connectivity index (χ0v) is 45.6. The van der Waals surface area contributed by atoms with Crippen molar-refractivity contribution in [3.63, 3.8) is 0 Å². The zero-order chi connectivity index (χ0) is 49.3. The predicted molar refractivity (Wildman–Crippen MR) is 293 cm³/mol. The molecule has 0 saturated carbocycles. The second-order valence-electron chi connectivity index (χ2n) is 20.3. The molecule has 1 atom stereocenters. The summed E-state index contributed by atoms with van der Waals surface area (Å²) >= 11 is 0. The van der Waals surface area contributed by atoms with Gasteiger partial charge < -0.3 is 14.2 Å². The normalized spacial score (nSPS) is 12.2. The van der Waals surface area contributed by atoms with E-state index in [1.54, 1.807) is 0 Å². The van der Waals surface area contributed by atoms with Gasteiger partial charge in [0, 0.05) is 19.3 Å². The lowest BCUT2D eigenvalue weighted by atomic mass is 10.0. The van der Waals surface area contributed by atoms with E-state index in [9.17, 15) is 14.4 Å². The van der Waals surface area contributed by atoms with Crippen LogP contribution >= 0.6 is 0 Å². The summed E-state index contributed by atoms with van der Waals surface area (Å²) < 4.78 is 16.9. The second-order valence-corrected chi connectivity index (χ2v) is 20.3. The van der Waals surface area contributed by atoms with E-state index in [1.165, 1.54) is 205 Å². The highest BCUT2D eigenvalue weighted by Crippen LogP contribution is 2.17. The van der Waals surface area contributed by atoms with Crippen LogP contribution < -0.4 is 0 Å². The fourth-order valence-corrected chi connectivity index (χ4v) is 8.86. The Hall–Kier alpha value is -2.37. The van der Waals surface area contributed by atoms with Crippen molar-refractivity contribution in [2.24, 2.45) is 0 Å². The summed E-state index contributed by atoms with van der Waals surface area (Å²) in [5, 5.41) is 0. The Labute approximate surface area is 423 Å². The fourth-order valence-electron chi connectivity index (χ4n) is 8.86. The van der Waals surface area contributed by atoms with Crippen LogP contribution in [0.5, 0.6) is 0 Å². The summed E-state index contributed by atoms with van der Waals surface area (Å²) in [6.07, 6.45) is 68.6. The number of hydrogen-bond donors (Lipinski definition) is 0. The Kier molecular flexibility index (Phi) is 55.2. The Bertz CT molecular complexity index is 1140. The third-order valence-electron chi connectivity index (χ3n) is 13.4. The van der Waals surface area contributed by atoms with Crippen LogP contribution in [-0.2, 0) is 28.6 Å². The van der Waals surface area contributed by atoms with Gasteiger partial charge in [-0.2, -0.15) is 0 Å². The topological polar surface area (TPSA) is 78.9 Å². The molecule has 0 spiro atoms. The Morgan fingerprint density at radius 2 is 0.529 bits per heavy atom. The standard InChI is InChI=1S/C62H114O6/c1-4-7-10-13-16-19-22-24-26-28-30-31-33-34-36-38-40-43-46-49-52-55-61(64)67-58-59(57-66-60(63)54-51-48-45-42-21-18-15-12-9-6-3)68-62(65)56-53-50-47-44-41-39-37-35-32-29-27-25-23-20-17-14-11-8-5-2/h22,24,28,30,33-34,59H,4-21,23,25-27,29,31-32,35-58H2,1-3H3/b24-22-,30-28-,34-33-. The molecule has 6 heteroatoms. The van der Waals surface area contributed by atoms with Crippen molar-refractivity contribution in [3.8, 4) is 0 Å². The number of ether oxygens (including phenoxy) is 3. The van der Waals surface area contributed by atoms with E-state index in [0.29, 0.717) is 19.3 Å². The highest BCUT2D eigenvalue weighted by Gasteiger charge is 2.19. The van der Waals surface area contributed by atoms with Gasteiger partial charge in [-0.1, -0.05) is 282 Å². The minimum atomic E-state index is -0.773. The molecule has 0 radical (unpaired) electrons. The van der Waals surface area contributed by atoms with Crippen LogP contribution in [0.15, 0.2) is 36.5 Å². The summed E-state index contributed by atoms with van der Waals surface area (Å²) in [6, 6.07) is 0. The van der Waals surface area contributed by atoms with Gasteiger partial charge in [0.15, 0.2) is 6.10 Å². The lowest BCUT2D eigenvalue weighted by Crippen LogP contribution is -2.30. The quantitative estimate of drug-likeness (QED) is 0.0262. The third kappa shape index (κ3) is 54.6. The molecular formula is C62H114O6. The van der Waals surface area contributed by atoms with Crippen LogP contribution in [0.3, 0.4) is 0 Å². The molecule has 0 saturated heterocycles. The van der Waals surface area contributed by atoms with E-state index in [0.717, 1.165) is 77.0 Å². The third-order valence-corrected chi connectivity index (χ3v) is 13.4. The molecular weight excluding hydrogens is 841 g/mol. The molecule has 0 amide bonds. The number of allylic oxidation sites excluding steroid dienone is 6. The lowest BCUT2D eigenvalue weighted by molar-refractivity contribution is -0.167. The van der Waals surface area contributed by atoms with Crippen molar-refractivity contribution in [2.75, 3.05) is 13.2 Å². The van der Waals surface area contributed by atoms with Crippen molar-refractivity contribution in [1.29, 1.82) is 0 Å². The molecule has 6 nitrogen and oxygen atoms in total. The molecule has 0 aliphatic heterocycles. The Morgan fingerprint density at radius 1 is 0.294 bits per heavy atom. The average molecular weight is 956 g/mol. The molecule has 0 N–H and O–H groups in total. The van der Waals surface area contributed by atoms with Crippen LogP contribution in [0, 0.1) is 0 Å². The van der Waals surface area contributed by atoms with Gasteiger partial charge in [0.2, 0.25) is 0 Å². The molecule has 68 heavy (non-hydrogen) atoms. The van der Waals surface area contributed by atoms with E-state index >= 15 is 0 Å². The van der Waals surface area contributed by atoms with Crippen LogP contribution in [0.1, 0.15) is 323 Å². The lowest BCUT2D eigenvalue weighted by Gasteiger charge is -2.18. The molecule has 0 aromatic heterocycles. The molecule has 0 bridgehead atoms. The minimum absolute atomic E-state index is 0.0718. The van der Waals surface area contributed by atoms with Gasteiger partial charge in [0.1, 0.15) is 13.2 Å². The van der Waals surface area contributed by atoms with Crippen LogP contribution in [-0.4, -0.2) is 37.2 Å². The van der Waals surface area contributed by atoms with Gasteiger partial charge in [-0.25, -0.2) is 0 Å². The van der Waals surface area contributed by atoms with Crippen molar-refractivity contribution in [2.45, 2.75) is 329 Å². The van der Waals surface area contributed by atoms with Crippen molar-refractivity contribution >= 4 is 17.9 Å². The molecule has 0 aromatic carbocycles. The molecule has 0 fully saturated rings. The van der Waals surface area contributed by atoms with Crippen molar-refractivity contribution in [1.82, 2.24) is 0 Å². The highest BCUT2D eigenvalue weighted by molar-refractivity contribution is 5.71. The number of unbranched alkanes of at least 4 members (excludes halogenated alkanes) is 38. The first-order valence-electron chi connectivity index (χ1n) is 30.0. The SMILES string of the molecule is CCCCCCC/C=C\C/C=C\C/C=C\CCCCCCCCC(=O)OCC(COC(=O)CCCCCCCCCCCC)OC(=O)CCCCCCCCCCCCCCCCCCCCC. The molecule has 0 aliphatic carbocycles. The zero-order valence-electron chi connectivity index (χ0n) is 45.6. The minimum Gasteiger partial charge on any atom is -0.462 e. The Morgan fingerprint density at radius 3 is 0.824 bits per heavy atom. The number of esters is 3. The van der Waals surface area contributed by atoms with E-state index in [1.807, 2.05) is 0 Å². The van der Waals surface area contributed by atoms with Crippen molar-refractivity contribution < 1.29 is 28.6 Å². The predicted octanol–water partition coefficient (Wildman–Crippen LogP) is 20.0. The maximum atomic E-state index is 12.9. The van der Waals surface area contributed by atoms with Crippen LogP contribution in [0.25, 0.3) is 0 Å². The molecule has 0 heterocycles. The van der Waals surface area contributed by atoms with Gasteiger partial charge in [0.05, 0.1) is 0 Å². The summed E-state index contributed by atoms with van der Waals surface area (Å²) in [5.41, 5.74) is 0. The van der Waals surface area contributed by atoms with Gasteiger partial charge in [-0.3, -0.25) is 14.4 Å². The largest absolute Gasteiger partial charge is 0.462 e. The van der Waals surface area contributed by atoms with E-state index in [2.05, 4.69) is 57.2 Å². The Balaban J connectivity index is 4.28. The molecule has 0 aromatic rings.